The molecule has 1 heterocycles. The molecule has 2 aromatic rings. The normalized spacial score (nSPS) is 10.4. The van der Waals surface area contributed by atoms with Crippen LogP contribution >= 0.6 is 11.6 Å². The van der Waals surface area contributed by atoms with Crippen LogP contribution in [0.3, 0.4) is 0 Å². The Morgan fingerprint density at radius 3 is 2.94 bits per heavy atom. The molecule has 1 aromatic heterocycles. The number of hydrogen-bond donors (Lipinski definition) is 1. The van der Waals surface area contributed by atoms with Gasteiger partial charge in [-0.15, -0.1) is 10.2 Å². The molecular formula is C9H10ClN5O. The Hall–Kier alpha value is -1.82. The van der Waals surface area contributed by atoms with Gasteiger partial charge in [0.25, 0.3) is 0 Å². The van der Waals surface area contributed by atoms with Gasteiger partial charge in [0.2, 0.25) is 5.82 Å². The molecule has 0 fully saturated rings. The van der Waals surface area contributed by atoms with Crippen molar-refractivity contribution in [2.45, 2.75) is 6.61 Å². The summed E-state index contributed by atoms with van der Waals surface area (Å²) in [4.78, 5) is 1.36. The highest BCUT2D eigenvalue weighted by Crippen LogP contribution is 2.25. The van der Waals surface area contributed by atoms with Crippen molar-refractivity contribution in [3.63, 3.8) is 0 Å². The van der Waals surface area contributed by atoms with E-state index in [1.807, 2.05) is 0 Å². The Balaban J connectivity index is 2.04. The first-order chi connectivity index (χ1) is 7.65. The number of rotatable bonds is 3. The van der Waals surface area contributed by atoms with Crippen LogP contribution in [0, 0.1) is 0 Å². The van der Waals surface area contributed by atoms with Crippen molar-refractivity contribution in [3.8, 4) is 5.75 Å². The van der Waals surface area contributed by atoms with Gasteiger partial charge in [-0.05, 0) is 23.4 Å². The summed E-state index contributed by atoms with van der Waals surface area (Å²) >= 11 is 5.76. The maximum absolute atomic E-state index is 5.76. The molecule has 16 heavy (non-hydrogen) atoms. The molecule has 0 saturated carbocycles. The number of anilines is 1. The molecule has 7 heteroatoms. The highest BCUT2D eigenvalue weighted by atomic mass is 35.5. The number of aromatic nitrogens is 4. The van der Waals surface area contributed by atoms with Crippen molar-refractivity contribution in [1.82, 2.24) is 20.2 Å². The minimum absolute atomic E-state index is 0.222. The third-order valence-electron chi connectivity index (χ3n) is 1.88. The molecule has 0 aliphatic heterocycles. The van der Waals surface area contributed by atoms with Gasteiger partial charge in [0.1, 0.15) is 5.75 Å². The summed E-state index contributed by atoms with van der Waals surface area (Å²) in [5.41, 5.74) is 6.20. The van der Waals surface area contributed by atoms with Crippen molar-refractivity contribution in [1.29, 1.82) is 0 Å². The lowest BCUT2D eigenvalue weighted by molar-refractivity contribution is 0.297. The number of hydrogen-bond acceptors (Lipinski definition) is 5. The fourth-order valence-corrected chi connectivity index (χ4v) is 1.35. The highest BCUT2D eigenvalue weighted by molar-refractivity contribution is 6.30. The second kappa shape index (κ2) is 4.36. The molecular weight excluding hydrogens is 230 g/mol. The van der Waals surface area contributed by atoms with Crippen molar-refractivity contribution < 1.29 is 4.74 Å². The number of benzene rings is 1. The van der Waals surface area contributed by atoms with E-state index in [1.165, 1.54) is 4.80 Å². The summed E-state index contributed by atoms with van der Waals surface area (Å²) in [5, 5.41) is 12.0. The predicted octanol–water partition coefficient (Wildman–Crippen LogP) is 1.02. The second-order valence-electron chi connectivity index (χ2n) is 3.17. The maximum atomic E-state index is 5.76. The molecule has 1 aromatic carbocycles. The fraction of sp³-hybridized carbons (Fsp3) is 0.222. The zero-order valence-electron chi connectivity index (χ0n) is 8.59. The Kier molecular flexibility index (Phi) is 2.91. The number of tetrazole rings is 1. The zero-order chi connectivity index (χ0) is 11.5. The molecule has 84 valence electrons. The van der Waals surface area contributed by atoms with Gasteiger partial charge in [-0.25, -0.2) is 0 Å². The average molecular weight is 240 g/mol. The van der Waals surface area contributed by atoms with Gasteiger partial charge in [0.05, 0.1) is 12.7 Å². The van der Waals surface area contributed by atoms with Gasteiger partial charge in [0, 0.05) is 5.02 Å². The van der Waals surface area contributed by atoms with E-state index in [2.05, 4.69) is 15.4 Å². The molecule has 2 rings (SSSR count). The summed E-state index contributed by atoms with van der Waals surface area (Å²) in [6, 6.07) is 5.03. The third kappa shape index (κ3) is 2.40. The number of aryl methyl sites for hydroxylation is 1. The van der Waals surface area contributed by atoms with E-state index in [4.69, 9.17) is 22.1 Å². The summed E-state index contributed by atoms with van der Waals surface area (Å²) in [5.74, 6) is 1.05. The van der Waals surface area contributed by atoms with Gasteiger partial charge in [-0.2, -0.15) is 4.80 Å². The van der Waals surface area contributed by atoms with E-state index >= 15 is 0 Å². The minimum atomic E-state index is 0.222. The van der Waals surface area contributed by atoms with Crippen LogP contribution in [-0.2, 0) is 13.7 Å². The molecule has 0 spiro atoms. The second-order valence-corrected chi connectivity index (χ2v) is 3.60. The van der Waals surface area contributed by atoms with E-state index in [0.29, 0.717) is 22.3 Å². The van der Waals surface area contributed by atoms with E-state index < -0.39 is 0 Å². The first kappa shape index (κ1) is 10.7. The van der Waals surface area contributed by atoms with Gasteiger partial charge in [-0.1, -0.05) is 11.6 Å². The quantitative estimate of drug-likeness (QED) is 0.810. The topological polar surface area (TPSA) is 78.8 Å². The molecule has 0 unspecified atom stereocenters. The summed E-state index contributed by atoms with van der Waals surface area (Å²) in [7, 11) is 1.69. The lowest BCUT2D eigenvalue weighted by atomic mass is 10.3. The standard InChI is InChI=1S/C9H10ClN5O/c1-15-13-9(12-14-15)5-16-8-3-2-6(10)4-7(8)11/h2-4H,5,11H2,1H3. The Bertz CT molecular complexity index is 498. The van der Waals surface area contributed by atoms with Crippen LogP contribution in [0.25, 0.3) is 0 Å². The Morgan fingerprint density at radius 1 is 1.50 bits per heavy atom. The van der Waals surface area contributed by atoms with Crippen LogP contribution in [-0.4, -0.2) is 20.2 Å². The predicted molar refractivity (Wildman–Crippen MR) is 59.0 cm³/mol. The van der Waals surface area contributed by atoms with E-state index in [1.54, 1.807) is 25.2 Å². The van der Waals surface area contributed by atoms with Crippen LogP contribution < -0.4 is 10.5 Å². The average Bonchev–Trinajstić information content (AvgIpc) is 2.63. The number of nitrogen functional groups attached to an aromatic ring is 1. The molecule has 0 bridgehead atoms. The van der Waals surface area contributed by atoms with Crippen LogP contribution in [0.2, 0.25) is 5.02 Å². The Labute approximate surface area is 97.0 Å². The molecule has 0 atom stereocenters. The molecule has 0 aliphatic carbocycles. The van der Waals surface area contributed by atoms with E-state index in [0.717, 1.165) is 0 Å². The van der Waals surface area contributed by atoms with Gasteiger partial charge in [-0.3, -0.25) is 0 Å². The first-order valence-corrected chi connectivity index (χ1v) is 4.93. The number of nitrogens with two attached hydrogens (primary N) is 1. The monoisotopic (exact) mass is 239 g/mol. The molecule has 0 amide bonds. The molecule has 0 radical (unpaired) electrons. The highest BCUT2D eigenvalue weighted by Gasteiger charge is 2.04. The first-order valence-electron chi connectivity index (χ1n) is 4.56. The van der Waals surface area contributed by atoms with Crippen molar-refractivity contribution in [3.05, 3.63) is 29.0 Å². The maximum Gasteiger partial charge on any atom is 0.212 e. The molecule has 0 saturated heterocycles. The largest absolute Gasteiger partial charge is 0.483 e. The zero-order valence-corrected chi connectivity index (χ0v) is 9.35. The smallest absolute Gasteiger partial charge is 0.212 e. The molecule has 0 aliphatic rings. The lowest BCUT2D eigenvalue weighted by Crippen LogP contribution is -2.01. The van der Waals surface area contributed by atoms with Crippen molar-refractivity contribution in [2.75, 3.05) is 5.73 Å². The molecule has 6 nitrogen and oxygen atoms in total. The van der Waals surface area contributed by atoms with Gasteiger partial charge >= 0.3 is 0 Å². The number of nitrogens with zero attached hydrogens (tertiary/aromatic N) is 4. The minimum Gasteiger partial charge on any atom is -0.483 e. The molecule has 2 N–H and O–H groups in total. The fourth-order valence-electron chi connectivity index (χ4n) is 1.17. The van der Waals surface area contributed by atoms with Gasteiger partial charge < -0.3 is 10.5 Å². The van der Waals surface area contributed by atoms with E-state index in [9.17, 15) is 0 Å². The van der Waals surface area contributed by atoms with E-state index in [-0.39, 0.29) is 6.61 Å². The van der Waals surface area contributed by atoms with Gasteiger partial charge in [0.15, 0.2) is 6.61 Å². The number of ether oxygens (including phenoxy) is 1. The van der Waals surface area contributed by atoms with Crippen molar-refractivity contribution in [2.24, 2.45) is 7.05 Å². The SMILES string of the molecule is Cn1nnc(COc2ccc(Cl)cc2N)n1. The third-order valence-corrected chi connectivity index (χ3v) is 2.11. The summed E-state index contributed by atoms with van der Waals surface area (Å²) in [6.45, 7) is 0.222. The van der Waals surface area contributed by atoms with Crippen LogP contribution in [0.15, 0.2) is 18.2 Å². The lowest BCUT2D eigenvalue weighted by Gasteiger charge is -2.06. The van der Waals surface area contributed by atoms with Crippen LogP contribution in [0.1, 0.15) is 5.82 Å². The Morgan fingerprint density at radius 2 is 2.31 bits per heavy atom. The number of halogens is 1. The van der Waals surface area contributed by atoms with Crippen molar-refractivity contribution >= 4 is 17.3 Å². The summed E-state index contributed by atoms with van der Waals surface area (Å²) < 4.78 is 5.43. The van der Waals surface area contributed by atoms with Crippen LogP contribution in [0.5, 0.6) is 5.75 Å². The van der Waals surface area contributed by atoms with Crippen LogP contribution in [0.4, 0.5) is 5.69 Å². The summed E-state index contributed by atoms with van der Waals surface area (Å²) in [6.07, 6.45) is 0.